The quantitative estimate of drug-likeness (QED) is 0.820. The van der Waals surface area contributed by atoms with Gasteiger partial charge in [0, 0.05) is 18.3 Å². The van der Waals surface area contributed by atoms with Crippen molar-refractivity contribution in [3.63, 3.8) is 0 Å². The first-order chi connectivity index (χ1) is 8.36. The minimum Gasteiger partial charge on any atom is -0.478 e. The number of aromatic nitrogens is 2. The van der Waals surface area contributed by atoms with Gasteiger partial charge >= 0.3 is 0 Å². The number of ether oxygens (including phenoxy) is 1. The fraction of sp³-hybridized carbons (Fsp3) is 0.692. The summed E-state index contributed by atoms with van der Waals surface area (Å²) < 4.78 is 5.39. The molecule has 4 heteroatoms. The molecule has 3 rings (SSSR count). The summed E-state index contributed by atoms with van der Waals surface area (Å²) in [6.07, 6.45) is 7.20. The highest BCUT2D eigenvalue weighted by Gasteiger charge is 2.41. The van der Waals surface area contributed by atoms with Crippen LogP contribution in [0.25, 0.3) is 0 Å². The van der Waals surface area contributed by atoms with Crippen LogP contribution in [0.4, 0.5) is 5.95 Å². The average Bonchev–Trinajstić information content (AvgIpc) is 3.19. The van der Waals surface area contributed by atoms with Gasteiger partial charge in [-0.2, -0.15) is 4.98 Å². The van der Waals surface area contributed by atoms with E-state index >= 15 is 0 Å². The normalized spacial score (nSPS) is 19.4. The number of anilines is 1. The molecule has 1 aromatic rings. The summed E-state index contributed by atoms with van der Waals surface area (Å²) in [6.45, 7) is 2.61. The first-order valence-corrected chi connectivity index (χ1v) is 6.59. The second-order valence-corrected chi connectivity index (χ2v) is 5.00. The van der Waals surface area contributed by atoms with E-state index in [1.807, 2.05) is 6.92 Å². The number of nitrogens with one attached hydrogen (secondary N) is 1. The van der Waals surface area contributed by atoms with E-state index in [4.69, 9.17) is 4.74 Å². The summed E-state index contributed by atoms with van der Waals surface area (Å²) >= 11 is 0. The maximum Gasteiger partial charge on any atom is 0.226 e. The van der Waals surface area contributed by atoms with Crippen molar-refractivity contribution >= 4 is 5.95 Å². The van der Waals surface area contributed by atoms with E-state index in [1.165, 1.54) is 25.7 Å². The molecule has 4 nitrogen and oxygen atoms in total. The minimum absolute atomic E-state index is 0.590. The van der Waals surface area contributed by atoms with Crippen molar-refractivity contribution in [1.29, 1.82) is 0 Å². The van der Waals surface area contributed by atoms with Gasteiger partial charge in [-0.3, -0.25) is 0 Å². The van der Waals surface area contributed by atoms with Crippen LogP contribution in [0.3, 0.4) is 0 Å². The molecule has 92 valence electrons. The lowest BCUT2D eigenvalue weighted by molar-refractivity contribution is 0.326. The highest BCUT2D eigenvalue weighted by atomic mass is 16.5. The van der Waals surface area contributed by atoms with Gasteiger partial charge < -0.3 is 10.1 Å². The molecule has 2 aliphatic rings. The zero-order chi connectivity index (χ0) is 11.7. The Bertz CT molecular complexity index is 376. The fourth-order valence-corrected chi connectivity index (χ4v) is 2.32. The average molecular weight is 233 g/mol. The molecule has 2 saturated carbocycles. The second-order valence-electron chi connectivity index (χ2n) is 5.00. The summed E-state index contributed by atoms with van der Waals surface area (Å²) in [5.41, 5.74) is 0. The van der Waals surface area contributed by atoms with Gasteiger partial charge in [0.1, 0.15) is 0 Å². The Balaban J connectivity index is 1.67. The molecule has 1 heterocycles. The Morgan fingerprint density at radius 1 is 1.35 bits per heavy atom. The smallest absolute Gasteiger partial charge is 0.226 e. The van der Waals surface area contributed by atoms with Gasteiger partial charge in [0.25, 0.3) is 0 Å². The van der Waals surface area contributed by atoms with Gasteiger partial charge in [-0.05, 0) is 44.4 Å². The lowest BCUT2D eigenvalue weighted by Crippen LogP contribution is -2.25. The SMILES string of the molecule is CCOc1ccnc(NC(C2CC2)C2CC2)n1. The predicted octanol–water partition coefficient (Wildman–Crippen LogP) is 2.48. The number of nitrogens with zero attached hydrogens (tertiary/aromatic N) is 2. The van der Waals surface area contributed by atoms with Crippen molar-refractivity contribution in [3.8, 4) is 5.88 Å². The Kier molecular flexibility index (Phi) is 2.87. The highest BCUT2D eigenvalue weighted by Crippen LogP contribution is 2.45. The molecular weight excluding hydrogens is 214 g/mol. The van der Waals surface area contributed by atoms with Crippen LogP contribution in [0.2, 0.25) is 0 Å². The zero-order valence-electron chi connectivity index (χ0n) is 10.2. The summed E-state index contributed by atoms with van der Waals surface area (Å²) in [4.78, 5) is 8.66. The van der Waals surface area contributed by atoms with E-state index < -0.39 is 0 Å². The van der Waals surface area contributed by atoms with Gasteiger partial charge in [-0.15, -0.1) is 0 Å². The topological polar surface area (TPSA) is 47.0 Å². The molecule has 0 aliphatic heterocycles. The van der Waals surface area contributed by atoms with Crippen LogP contribution in [0.15, 0.2) is 12.3 Å². The Labute approximate surface area is 102 Å². The van der Waals surface area contributed by atoms with Gasteiger partial charge in [0.05, 0.1) is 6.61 Å². The maximum atomic E-state index is 5.39. The highest BCUT2D eigenvalue weighted by molar-refractivity contribution is 5.30. The number of hydrogen-bond donors (Lipinski definition) is 1. The molecule has 0 amide bonds. The Morgan fingerprint density at radius 2 is 2.06 bits per heavy atom. The van der Waals surface area contributed by atoms with Crippen molar-refractivity contribution in [3.05, 3.63) is 12.3 Å². The monoisotopic (exact) mass is 233 g/mol. The molecule has 0 bridgehead atoms. The summed E-state index contributed by atoms with van der Waals surface area (Å²) in [7, 11) is 0. The van der Waals surface area contributed by atoms with E-state index in [0.717, 1.165) is 17.8 Å². The summed E-state index contributed by atoms with van der Waals surface area (Å²) in [6, 6.07) is 2.39. The van der Waals surface area contributed by atoms with Crippen LogP contribution >= 0.6 is 0 Å². The molecule has 0 radical (unpaired) electrons. The van der Waals surface area contributed by atoms with Crippen LogP contribution in [0.5, 0.6) is 5.88 Å². The van der Waals surface area contributed by atoms with Gasteiger partial charge in [0.15, 0.2) is 0 Å². The molecule has 0 spiro atoms. The lowest BCUT2D eigenvalue weighted by Gasteiger charge is -2.17. The summed E-state index contributed by atoms with van der Waals surface area (Å²) in [5, 5.41) is 3.50. The van der Waals surface area contributed by atoms with Crippen molar-refractivity contribution < 1.29 is 4.74 Å². The third kappa shape index (κ3) is 2.68. The second kappa shape index (κ2) is 4.51. The van der Waals surface area contributed by atoms with Gasteiger partial charge in [-0.25, -0.2) is 4.98 Å². The van der Waals surface area contributed by atoms with Crippen LogP contribution in [-0.2, 0) is 0 Å². The molecule has 1 N–H and O–H groups in total. The molecule has 2 aliphatic carbocycles. The summed E-state index contributed by atoms with van der Waals surface area (Å²) in [5.74, 6) is 3.08. The predicted molar refractivity (Wildman–Crippen MR) is 66.1 cm³/mol. The Hall–Kier alpha value is -1.32. The molecule has 0 unspecified atom stereocenters. The maximum absolute atomic E-state index is 5.39. The lowest BCUT2D eigenvalue weighted by atomic mass is 10.1. The molecular formula is C13H19N3O. The largest absolute Gasteiger partial charge is 0.478 e. The van der Waals surface area contributed by atoms with Crippen LogP contribution in [0, 0.1) is 11.8 Å². The van der Waals surface area contributed by atoms with E-state index in [1.54, 1.807) is 12.3 Å². The van der Waals surface area contributed by atoms with E-state index in [-0.39, 0.29) is 0 Å². The van der Waals surface area contributed by atoms with Crippen molar-refractivity contribution in [1.82, 2.24) is 9.97 Å². The van der Waals surface area contributed by atoms with Gasteiger partial charge in [-0.1, -0.05) is 0 Å². The van der Waals surface area contributed by atoms with E-state index in [0.29, 0.717) is 18.5 Å². The van der Waals surface area contributed by atoms with Crippen molar-refractivity contribution in [2.75, 3.05) is 11.9 Å². The first-order valence-electron chi connectivity index (χ1n) is 6.59. The van der Waals surface area contributed by atoms with Crippen molar-refractivity contribution in [2.24, 2.45) is 11.8 Å². The van der Waals surface area contributed by atoms with E-state index in [9.17, 15) is 0 Å². The van der Waals surface area contributed by atoms with E-state index in [2.05, 4.69) is 15.3 Å². The molecule has 1 aromatic heterocycles. The minimum atomic E-state index is 0.590. The fourth-order valence-electron chi connectivity index (χ4n) is 2.32. The standard InChI is InChI=1S/C13H19N3O/c1-2-17-11-7-8-14-13(15-11)16-12(9-3-4-9)10-5-6-10/h7-10,12H,2-6H2,1H3,(H,14,15,16). The van der Waals surface area contributed by atoms with Crippen LogP contribution in [0.1, 0.15) is 32.6 Å². The Morgan fingerprint density at radius 3 is 2.65 bits per heavy atom. The molecule has 0 atom stereocenters. The first kappa shape index (κ1) is 10.8. The van der Waals surface area contributed by atoms with Crippen LogP contribution < -0.4 is 10.1 Å². The molecule has 0 aromatic carbocycles. The number of rotatable bonds is 6. The van der Waals surface area contributed by atoms with Crippen molar-refractivity contribution in [2.45, 2.75) is 38.6 Å². The third-order valence-electron chi connectivity index (χ3n) is 3.48. The zero-order valence-corrected chi connectivity index (χ0v) is 10.2. The molecule has 2 fully saturated rings. The van der Waals surface area contributed by atoms with Gasteiger partial charge in [0.2, 0.25) is 11.8 Å². The molecule has 0 saturated heterocycles. The third-order valence-corrected chi connectivity index (χ3v) is 3.48. The van der Waals surface area contributed by atoms with Crippen LogP contribution in [-0.4, -0.2) is 22.6 Å². The number of hydrogen-bond acceptors (Lipinski definition) is 4. The molecule has 17 heavy (non-hydrogen) atoms.